The maximum absolute atomic E-state index is 8.77. The van der Waals surface area contributed by atoms with Gasteiger partial charge in [0, 0.05) is 24.8 Å². The minimum atomic E-state index is 0.445. The van der Waals surface area contributed by atoms with Crippen molar-refractivity contribution < 1.29 is 0 Å². The largest absolute Gasteiger partial charge is 0.370 e. The molecule has 0 saturated carbocycles. The van der Waals surface area contributed by atoms with Gasteiger partial charge in [0.25, 0.3) is 0 Å². The maximum atomic E-state index is 8.77. The molecule has 0 amide bonds. The van der Waals surface area contributed by atoms with Crippen LogP contribution in [-0.4, -0.2) is 37.6 Å². The second-order valence-electron chi connectivity index (χ2n) is 4.62. The second-order valence-corrected chi connectivity index (χ2v) is 4.62. The van der Waals surface area contributed by atoms with Gasteiger partial charge in [0.05, 0.1) is 24.2 Å². The molecule has 0 bridgehead atoms. The van der Waals surface area contributed by atoms with Crippen LogP contribution in [0.2, 0.25) is 0 Å². The topological polar surface area (TPSA) is 54.1 Å². The van der Waals surface area contributed by atoms with E-state index in [1.807, 2.05) is 31.3 Å². The Balaban J connectivity index is 2.00. The third kappa shape index (κ3) is 2.61. The molecule has 0 spiro atoms. The van der Waals surface area contributed by atoms with Crippen LogP contribution in [0, 0.1) is 22.7 Å². The minimum Gasteiger partial charge on any atom is -0.370 e. The number of anilines is 1. The molecule has 1 atom stereocenters. The highest BCUT2D eigenvalue weighted by molar-refractivity contribution is 5.50. The number of likely N-dealkylation sites (N-methyl/N-ethyl adjacent to an activating group) is 1. The molecule has 2 rings (SSSR count). The summed E-state index contributed by atoms with van der Waals surface area (Å²) in [5, 5.41) is 17.5. The highest BCUT2D eigenvalue weighted by atomic mass is 15.2. The van der Waals surface area contributed by atoms with Crippen molar-refractivity contribution in [1.29, 1.82) is 10.5 Å². The summed E-state index contributed by atoms with van der Waals surface area (Å²) in [5.74, 6) is 0. The second kappa shape index (κ2) is 5.53. The molecule has 4 heteroatoms. The normalized spacial score (nSPS) is 18.7. The van der Waals surface area contributed by atoms with Crippen LogP contribution in [0.4, 0.5) is 5.69 Å². The SMILES string of the molecule is CN(CC#N)C1CCN(c2ccc(C#N)cc2)C1. The van der Waals surface area contributed by atoms with Crippen molar-refractivity contribution in [2.45, 2.75) is 12.5 Å². The van der Waals surface area contributed by atoms with Crippen LogP contribution in [0.25, 0.3) is 0 Å². The molecule has 0 aromatic heterocycles. The van der Waals surface area contributed by atoms with Gasteiger partial charge in [-0.05, 0) is 37.7 Å². The van der Waals surface area contributed by atoms with Gasteiger partial charge in [-0.15, -0.1) is 0 Å². The Kier molecular flexibility index (Phi) is 3.82. The number of hydrogen-bond donors (Lipinski definition) is 0. The Bertz CT molecular complexity index is 480. The number of rotatable bonds is 3. The molecule has 92 valence electrons. The van der Waals surface area contributed by atoms with E-state index >= 15 is 0 Å². The van der Waals surface area contributed by atoms with Crippen molar-refractivity contribution in [2.24, 2.45) is 0 Å². The molecular weight excluding hydrogens is 224 g/mol. The zero-order valence-electron chi connectivity index (χ0n) is 10.5. The molecule has 1 aromatic carbocycles. The average molecular weight is 240 g/mol. The number of hydrogen-bond acceptors (Lipinski definition) is 4. The number of nitrogens with zero attached hydrogens (tertiary/aromatic N) is 4. The van der Waals surface area contributed by atoms with Crippen molar-refractivity contribution in [3.8, 4) is 12.1 Å². The van der Waals surface area contributed by atoms with Crippen LogP contribution < -0.4 is 4.90 Å². The van der Waals surface area contributed by atoms with Crippen molar-refractivity contribution in [3.05, 3.63) is 29.8 Å². The van der Waals surface area contributed by atoms with Crippen LogP contribution in [0.1, 0.15) is 12.0 Å². The van der Waals surface area contributed by atoms with Gasteiger partial charge >= 0.3 is 0 Å². The van der Waals surface area contributed by atoms with E-state index in [0.29, 0.717) is 18.2 Å². The first-order chi connectivity index (χ1) is 8.74. The first kappa shape index (κ1) is 12.4. The Morgan fingerprint density at radius 3 is 2.67 bits per heavy atom. The van der Waals surface area contributed by atoms with E-state index in [1.54, 1.807) is 0 Å². The predicted octanol–water partition coefficient (Wildman–Crippen LogP) is 1.59. The molecule has 1 saturated heterocycles. The Hall–Kier alpha value is -2.04. The van der Waals surface area contributed by atoms with E-state index < -0.39 is 0 Å². The molecule has 0 aliphatic carbocycles. The highest BCUT2D eigenvalue weighted by Crippen LogP contribution is 2.22. The fraction of sp³-hybridized carbons (Fsp3) is 0.429. The summed E-state index contributed by atoms with van der Waals surface area (Å²) in [5.41, 5.74) is 1.85. The van der Waals surface area contributed by atoms with E-state index in [4.69, 9.17) is 10.5 Å². The molecule has 1 aliphatic heterocycles. The standard InChI is InChI=1S/C14H16N4/c1-17(9-7-15)14-6-8-18(11-14)13-4-2-12(10-16)3-5-13/h2-5,14H,6,8-9,11H2,1H3. The summed E-state index contributed by atoms with van der Waals surface area (Å²) in [4.78, 5) is 4.41. The van der Waals surface area contributed by atoms with E-state index in [2.05, 4.69) is 21.9 Å². The highest BCUT2D eigenvalue weighted by Gasteiger charge is 2.25. The summed E-state index contributed by atoms with van der Waals surface area (Å²) < 4.78 is 0. The smallest absolute Gasteiger partial charge is 0.0991 e. The van der Waals surface area contributed by atoms with Crippen LogP contribution in [-0.2, 0) is 0 Å². The fourth-order valence-electron chi connectivity index (χ4n) is 2.32. The van der Waals surface area contributed by atoms with Gasteiger partial charge in [0.15, 0.2) is 0 Å². The summed E-state index contributed by atoms with van der Waals surface area (Å²) in [6.45, 7) is 2.43. The van der Waals surface area contributed by atoms with Crippen molar-refractivity contribution in [1.82, 2.24) is 4.90 Å². The van der Waals surface area contributed by atoms with E-state index in [0.717, 1.165) is 25.2 Å². The van der Waals surface area contributed by atoms with E-state index in [1.165, 1.54) is 0 Å². The van der Waals surface area contributed by atoms with Crippen LogP contribution in [0.3, 0.4) is 0 Å². The molecule has 0 radical (unpaired) electrons. The van der Waals surface area contributed by atoms with Crippen molar-refractivity contribution >= 4 is 5.69 Å². The molecule has 18 heavy (non-hydrogen) atoms. The summed E-state index contributed by atoms with van der Waals surface area (Å²) in [6.07, 6.45) is 1.08. The molecule has 1 unspecified atom stereocenters. The van der Waals surface area contributed by atoms with Gasteiger partial charge in [-0.1, -0.05) is 0 Å². The molecule has 4 nitrogen and oxygen atoms in total. The van der Waals surface area contributed by atoms with Gasteiger partial charge < -0.3 is 4.90 Å². The Morgan fingerprint density at radius 2 is 2.06 bits per heavy atom. The van der Waals surface area contributed by atoms with Gasteiger partial charge in [-0.25, -0.2) is 0 Å². The number of nitriles is 2. The van der Waals surface area contributed by atoms with Gasteiger partial charge in [-0.3, -0.25) is 4.90 Å². The third-order valence-corrected chi connectivity index (χ3v) is 3.47. The van der Waals surface area contributed by atoms with Crippen LogP contribution in [0.5, 0.6) is 0 Å². The third-order valence-electron chi connectivity index (χ3n) is 3.47. The molecule has 1 heterocycles. The van der Waals surface area contributed by atoms with Crippen molar-refractivity contribution in [2.75, 3.05) is 31.6 Å². The zero-order chi connectivity index (χ0) is 13.0. The molecule has 1 aromatic rings. The summed E-state index contributed by atoms with van der Waals surface area (Å²) in [6, 6.07) is 12.4. The van der Waals surface area contributed by atoms with Crippen LogP contribution in [0.15, 0.2) is 24.3 Å². The van der Waals surface area contributed by atoms with E-state index in [9.17, 15) is 0 Å². The summed E-state index contributed by atoms with van der Waals surface area (Å²) >= 11 is 0. The van der Waals surface area contributed by atoms with Gasteiger partial charge in [0.2, 0.25) is 0 Å². The molecule has 1 fully saturated rings. The Morgan fingerprint density at radius 1 is 1.33 bits per heavy atom. The van der Waals surface area contributed by atoms with Gasteiger partial charge in [-0.2, -0.15) is 10.5 Å². The molecule has 1 aliphatic rings. The maximum Gasteiger partial charge on any atom is 0.0991 e. The Labute approximate surface area is 108 Å². The van der Waals surface area contributed by atoms with Crippen LogP contribution >= 0.6 is 0 Å². The quantitative estimate of drug-likeness (QED) is 0.753. The molecular formula is C14H16N4. The number of benzene rings is 1. The lowest BCUT2D eigenvalue weighted by molar-refractivity contribution is 0.289. The first-order valence-corrected chi connectivity index (χ1v) is 6.07. The lowest BCUT2D eigenvalue weighted by Gasteiger charge is -2.23. The lowest BCUT2D eigenvalue weighted by atomic mass is 10.2. The minimum absolute atomic E-state index is 0.445. The predicted molar refractivity (Wildman–Crippen MR) is 70.0 cm³/mol. The fourth-order valence-corrected chi connectivity index (χ4v) is 2.32. The monoisotopic (exact) mass is 240 g/mol. The lowest BCUT2D eigenvalue weighted by Crippen LogP contribution is -2.34. The van der Waals surface area contributed by atoms with Crippen molar-refractivity contribution in [3.63, 3.8) is 0 Å². The zero-order valence-corrected chi connectivity index (χ0v) is 10.5. The average Bonchev–Trinajstić information content (AvgIpc) is 2.89. The summed E-state index contributed by atoms with van der Waals surface area (Å²) in [7, 11) is 2.00. The first-order valence-electron chi connectivity index (χ1n) is 6.07. The van der Waals surface area contributed by atoms with E-state index in [-0.39, 0.29) is 0 Å². The molecule has 0 N–H and O–H groups in total. The van der Waals surface area contributed by atoms with Gasteiger partial charge in [0.1, 0.15) is 0 Å².